The maximum Gasteiger partial charge on any atom is 0.226 e. The van der Waals surface area contributed by atoms with E-state index in [-0.39, 0.29) is 12.3 Å². The minimum atomic E-state index is -0.158. The Balaban J connectivity index is 1.55. The van der Waals surface area contributed by atoms with Gasteiger partial charge in [-0.2, -0.15) is 0 Å². The summed E-state index contributed by atoms with van der Waals surface area (Å²) in [5.41, 5.74) is 1.63. The molecule has 4 aromatic rings. The molecular formula is C23H22ClN5O3S. The first-order valence-electron chi connectivity index (χ1n) is 10.3. The van der Waals surface area contributed by atoms with E-state index in [0.717, 1.165) is 17.0 Å². The number of hydrogen-bond acceptors (Lipinski definition) is 7. The molecular weight excluding hydrogens is 462 g/mol. The molecule has 0 spiro atoms. The molecule has 0 unspecified atom stereocenters. The van der Waals surface area contributed by atoms with Gasteiger partial charge in [-0.25, -0.2) is 0 Å². The van der Waals surface area contributed by atoms with Gasteiger partial charge in [0, 0.05) is 29.5 Å². The van der Waals surface area contributed by atoms with Crippen molar-refractivity contribution in [2.75, 3.05) is 17.7 Å². The standard InChI is InChI=1S/C23H22ClN5O3S/c1-3-31-17-10-8-16(9-11-17)29-22(18-6-4-5-7-19(18)24)26-27-23(29)33-13-12-21(30)25-20-14-15(2)32-28-20/h4-11,14H,3,12-13H2,1-2H3,(H,25,28,30). The smallest absolute Gasteiger partial charge is 0.226 e. The maximum absolute atomic E-state index is 12.3. The van der Waals surface area contributed by atoms with Gasteiger partial charge in [0.25, 0.3) is 0 Å². The van der Waals surface area contributed by atoms with Crippen molar-refractivity contribution in [1.82, 2.24) is 19.9 Å². The zero-order valence-corrected chi connectivity index (χ0v) is 19.7. The van der Waals surface area contributed by atoms with Gasteiger partial charge in [-0.15, -0.1) is 10.2 Å². The minimum Gasteiger partial charge on any atom is -0.494 e. The number of hydrogen-bond donors (Lipinski definition) is 1. The first-order valence-corrected chi connectivity index (χ1v) is 11.7. The molecule has 10 heteroatoms. The zero-order valence-electron chi connectivity index (χ0n) is 18.1. The van der Waals surface area contributed by atoms with Crippen LogP contribution in [0.5, 0.6) is 5.75 Å². The lowest BCUT2D eigenvalue weighted by atomic mass is 10.2. The SMILES string of the molecule is CCOc1ccc(-n2c(SCCC(=O)Nc3cc(C)on3)nnc2-c2ccccc2Cl)cc1. The molecule has 4 rings (SSSR count). The molecule has 2 heterocycles. The van der Waals surface area contributed by atoms with Crippen LogP contribution in [0.1, 0.15) is 19.1 Å². The summed E-state index contributed by atoms with van der Waals surface area (Å²) in [5, 5.41) is 16.5. The first kappa shape index (κ1) is 22.9. The van der Waals surface area contributed by atoms with E-state index < -0.39 is 0 Å². The fourth-order valence-electron chi connectivity index (χ4n) is 3.14. The van der Waals surface area contributed by atoms with Gasteiger partial charge in [0.05, 0.1) is 11.6 Å². The van der Waals surface area contributed by atoms with Gasteiger partial charge in [0.2, 0.25) is 5.91 Å². The number of benzene rings is 2. The number of anilines is 1. The molecule has 2 aromatic heterocycles. The van der Waals surface area contributed by atoms with Crippen molar-refractivity contribution < 1.29 is 14.1 Å². The van der Waals surface area contributed by atoms with Crippen molar-refractivity contribution >= 4 is 35.1 Å². The molecule has 0 bridgehead atoms. The van der Waals surface area contributed by atoms with Crippen molar-refractivity contribution in [3.05, 3.63) is 65.4 Å². The Kier molecular flexibility index (Phi) is 7.31. The average Bonchev–Trinajstić information content (AvgIpc) is 3.41. The number of thioether (sulfide) groups is 1. The number of aromatic nitrogens is 4. The Morgan fingerprint density at radius 3 is 2.67 bits per heavy atom. The molecule has 170 valence electrons. The highest BCUT2D eigenvalue weighted by Gasteiger charge is 2.18. The third-order valence-electron chi connectivity index (χ3n) is 4.61. The van der Waals surface area contributed by atoms with Crippen LogP contribution < -0.4 is 10.1 Å². The van der Waals surface area contributed by atoms with Gasteiger partial charge < -0.3 is 14.6 Å². The van der Waals surface area contributed by atoms with Crippen LogP contribution in [0.3, 0.4) is 0 Å². The highest BCUT2D eigenvalue weighted by Crippen LogP contribution is 2.32. The summed E-state index contributed by atoms with van der Waals surface area (Å²) in [5.74, 6) is 2.78. The largest absolute Gasteiger partial charge is 0.494 e. The topological polar surface area (TPSA) is 95.1 Å². The molecule has 2 aromatic carbocycles. The van der Waals surface area contributed by atoms with Gasteiger partial charge >= 0.3 is 0 Å². The summed E-state index contributed by atoms with van der Waals surface area (Å²) in [6.45, 7) is 4.30. The summed E-state index contributed by atoms with van der Waals surface area (Å²) >= 11 is 7.88. The van der Waals surface area contributed by atoms with Gasteiger partial charge in [-0.3, -0.25) is 9.36 Å². The number of nitrogens with one attached hydrogen (secondary N) is 1. The maximum atomic E-state index is 12.3. The molecule has 0 saturated heterocycles. The fourth-order valence-corrected chi connectivity index (χ4v) is 4.25. The first-order chi connectivity index (χ1) is 16.0. The van der Waals surface area contributed by atoms with E-state index in [4.69, 9.17) is 20.9 Å². The van der Waals surface area contributed by atoms with Crippen LogP contribution in [0.25, 0.3) is 17.1 Å². The second kappa shape index (κ2) is 10.5. The Bertz CT molecular complexity index is 1240. The quantitative estimate of drug-likeness (QED) is 0.318. The lowest BCUT2D eigenvalue weighted by Crippen LogP contribution is -2.12. The number of rotatable bonds is 9. The molecule has 0 aliphatic carbocycles. The fraction of sp³-hybridized carbons (Fsp3) is 0.217. The molecule has 0 saturated carbocycles. The summed E-state index contributed by atoms with van der Waals surface area (Å²) in [4.78, 5) is 12.3. The Labute approximate surface area is 200 Å². The Morgan fingerprint density at radius 2 is 1.97 bits per heavy atom. The lowest BCUT2D eigenvalue weighted by Gasteiger charge is -2.12. The van der Waals surface area contributed by atoms with Crippen LogP contribution in [0.2, 0.25) is 5.02 Å². The molecule has 0 atom stereocenters. The van der Waals surface area contributed by atoms with E-state index in [9.17, 15) is 4.79 Å². The van der Waals surface area contributed by atoms with Crippen molar-refractivity contribution in [3.63, 3.8) is 0 Å². The van der Waals surface area contributed by atoms with E-state index in [0.29, 0.717) is 39.9 Å². The third-order valence-corrected chi connectivity index (χ3v) is 5.87. The van der Waals surface area contributed by atoms with Crippen molar-refractivity contribution in [3.8, 4) is 22.8 Å². The Hall–Kier alpha value is -3.30. The second-order valence-corrected chi connectivity index (χ2v) is 8.49. The highest BCUT2D eigenvalue weighted by molar-refractivity contribution is 7.99. The van der Waals surface area contributed by atoms with Gasteiger partial charge in [0.1, 0.15) is 11.5 Å². The minimum absolute atomic E-state index is 0.158. The van der Waals surface area contributed by atoms with Crippen LogP contribution in [0, 0.1) is 6.92 Å². The number of nitrogens with zero attached hydrogens (tertiary/aromatic N) is 4. The number of amides is 1. The molecule has 0 fully saturated rings. The van der Waals surface area contributed by atoms with Crippen molar-refractivity contribution in [2.24, 2.45) is 0 Å². The summed E-state index contributed by atoms with van der Waals surface area (Å²) in [6.07, 6.45) is 0.272. The van der Waals surface area contributed by atoms with Crippen LogP contribution in [-0.4, -0.2) is 38.2 Å². The highest BCUT2D eigenvalue weighted by atomic mass is 35.5. The van der Waals surface area contributed by atoms with Crippen molar-refractivity contribution in [1.29, 1.82) is 0 Å². The molecule has 1 N–H and O–H groups in total. The number of carbonyl (C=O) groups excluding carboxylic acids is 1. The van der Waals surface area contributed by atoms with Crippen LogP contribution in [0.4, 0.5) is 5.82 Å². The van der Waals surface area contributed by atoms with Gasteiger partial charge in [-0.05, 0) is 50.2 Å². The molecule has 0 aliphatic rings. The number of aryl methyl sites for hydroxylation is 1. The normalized spacial score (nSPS) is 10.9. The third kappa shape index (κ3) is 5.55. The predicted octanol–water partition coefficient (Wildman–Crippen LogP) is 5.40. The summed E-state index contributed by atoms with van der Waals surface area (Å²) in [7, 11) is 0. The molecule has 1 amide bonds. The second-order valence-electron chi connectivity index (χ2n) is 7.02. The van der Waals surface area contributed by atoms with Gasteiger partial charge in [0.15, 0.2) is 16.8 Å². The van der Waals surface area contributed by atoms with Crippen LogP contribution in [-0.2, 0) is 4.79 Å². The predicted molar refractivity (Wildman–Crippen MR) is 128 cm³/mol. The number of carbonyl (C=O) groups is 1. The zero-order chi connectivity index (χ0) is 23.2. The van der Waals surface area contributed by atoms with E-state index in [1.165, 1.54) is 11.8 Å². The van der Waals surface area contributed by atoms with E-state index in [1.54, 1.807) is 13.0 Å². The summed E-state index contributed by atoms with van der Waals surface area (Å²) < 4.78 is 12.5. The molecule has 8 nitrogen and oxygen atoms in total. The van der Waals surface area contributed by atoms with E-state index in [2.05, 4.69) is 20.7 Å². The molecule has 0 aliphatic heterocycles. The molecule has 33 heavy (non-hydrogen) atoms. The number of ether oxygens (including phenoxy) is 1. The van der Waals surface area contributed by atoms with Crippen molar-refractivity contribution in [2.45, 2.75) is 25.4 Å². The Morgan fingerprint density at radius 1 is 1.18 bits per heavy atom. The average molecular weight is 484 g/mol. The van der Waals surface area contributed by atoms with E-state index in [1.807, 2.05) is 60.0 Å². The molecule has 0 radical (unpaired) electrons. The van der Waals surface area contributed by atoms with Crippen LogP contribution >= 0.6 is 23.4 Å². The summed E-state index contributed by atoms with van der Waals surface area (Å²) in [6, 6.07) is 16.8. The lowest BCUT2D eigenvalue weighted by molar-refractivity contribution is -0.115. The van der Waals surface area contributed by atoms with E-state index >= 15 is 0 Å². The van der Waals surface area contributed by atoms with Gasteiger partial charge in [-0.1, -0.05) is 40.7 Å². The van der Waals surface area contributed by atoms with Crippen LogP contribution in [0.15, 0.2) is 64.3 Å². The number of halogens is 1. The monoisotopic (exact) mass is 483 g/mol.